The highest BCUT2D eigenvalue weighted by Crippen LogP contribution is 2.35. The van der Waals surface area contributed by atoms with Crippen molar-refractivity contribution in [1.29, 1.82) is 0 Å². The van der Waals surface area contributed by atoms with Gasteiger partial charge in [-0.3, -0.25) is 4.79 Å². The molecule has 0 aromatic carbocycles. The number of aliphatic hydroxyl groups is 1. The van der Waals surface area contributed by atoms with Gasteiger partial charge in [0.05, 0.1) is 30.4 Å². The Kier molecular flexibility index (Phi) is 7.35. The van der Waals surface area contributed by atoms with E-state index in [1.165, 1.54) is 6.33 Å². The number of rotatable bonds is 9. The lowest BCUT2D eigenvalue weighted by Crippen LogP contribution is -2.44. The quantitative estimate of drug-likeness (QED) is 0.556. The van der Waals surface area contributed by atoms with Crippen molar-refractivity contribution in [3.05, 3.63) is 24.2 Å². The highest BCUT2D eigenvalue weighted by molar-refractivity contribution is 5.85. The van der Waals surface area contributed by atoms with Crippen molar-refractivity contribution in [2.45, 2.75) is 71.3 Å². The molecule has 32 heavy (non-hydrogen) atoms. The Morgan fingerprint density at radius 1 is 1.34 bits per heavy atom. The Morgan fingerprint density at radius 3 is 2.75 bits per heavy atom. The molecule has 0 bridgehead atoms. The molecule has 0 saturated carbocycles. The summed E-state index contributed by atoms with van der Waals surface area (Å²) in [5.41, 5.74) is 0.325. The highest BCUT2D eigenvalue weighted by Gasteiger charge is 2.38. The molecule has 1 aliphatic rings. The van der Waals surface area contributed by atoms with E-state index in [-0.39, 0.29) is 31.1 Å². The van der Waals surface area contributed by atoms with E-state index in [0.717, 1.165) is 0 Å². The van der Waals surface area contributed by atoms with Gasteiger partial charge < -0.3 is 24.6 Å². The molecule has 2 N–H and O–H groups in total. The molecule has 10 heteroatoms. The van der Waals surface area contributed by atoms with Gasteiger partial charge in [0.1, 0.15) is 30.1 Å². The molecule has 3 rings (SSSR count). The molecule has 0 amide bonds. The van der Waals surface area contributed by atoms with Gasteiger partial charge in [-0.1, -0.05) is 20.8 Å². The Labute approximate surface area is 187 Å². The maximum absolute atomic E-state index is 12.5. The van der Waals surface area contributed by atoms with Crippen molar-refractivity contribution in [1.82, 2.24) is 14.6 Å². The van der Waals surface area contributed by atoms with Gasteiger partial charge in [-0.05, 0) is 32.4 Å². The van der Waals surface area contributed by atoms with Crippen LogP contribution in [0.25, 0.3) is 5.52 Å². The second-order valence-electron chi connectivity index (χ2n) is 8.46. The minimum Gasteiger partial charge on any atom is -0.464 e. The monoisotopic (exact) mass is 448 g/mol. The van der Waals surface area contributed by atoms with Crippen molar-refractivity contribution in [3.63, 3.8) is 0 Å². The van der Waals surface area contributed by atoms with Crippen molar-refractivity contribution in [3.8, 4) is 0 Å². The van der Waals surface area contributed by atoms with E-state index in [4.69, 9.17) is 14.2 Å². The van der Waals surface area contributed by atoms with Crippen LogP contribution in [0.2, 0.25) is 0 Å². The number of carbonyl (C=O) groups is 2. The zero-order valence-electron chi connectivity index (χ0n) is 19.2. The first-order valence-electron chi connectivity index (χ1n) is 11.0. The summed E-state index contributed by atoms with van der Waals surface area (Å²) in [4.78, 5) is 28.5. The largest absolute Gasteiger partial charge is 0.464 e. The number of fused-ring (bicyclic) bond motifs is 1. The molecule has 10 nitrogen and oxygen atoms in total. The molecule has 176 valence electrons. The zero-order valence-corrected chi connectivity index (χ0v) is 19.2. The van der Waals surface area contributed by atoms with Crippen LogP contribution in [0.4, 0.5) is 5.82 Å². The molecule has 1 aliphatic heterocycles. The molecule has 1 saturated heterocycles. The van der Waals surface area contributed by atoms with Gasteiger partial charge in [-0.2, -0.15) is 5.10 Å². The third-order valence-electron chi connectivity index (χ3n) is 5.68. The predicted molar refractivity (Wildman–Crippen MR) is 116 cm³/mol. The minimum atomic E-state index is -0.954. The maximum atomic E-state index is 12.5. The molecule has 0 radical (unpaired) electrons. The van der Waals surface area contributed by atoms with Crippen molar-refractivity contribution in [2.75, 3.05) is 18.5 Å². The molecular formula is C22H32N4O6. The van der Waals surface area contributed by atoms with Crippen molar-refractivity contribution >= 4 is 23.3 Å². The fourth-order valence-corrected chi connectivity index (χ4v) is 3.56. The van der Waals surface area contributed by atoms with Gasteiger partial charge in [0.25, 0.3) is 0 Å². The third kappa shape index (κ3) is 4.86. The summed E-state index contributed by atoms with van der Waals surface area (Å²) in [6, 6.07) is 3.61. The van der Waals surface area contributed by atoms with Crippen LogP contribution in [0.1, 0.15) is 59.3 Å². The normalized spacial score (nSPS) is 22.7. The third-order valence-corrected chi connectivity index (χ3v) is 5.68. The first-order valence-corrected chi connectivity index (χ1v) is 11.0. The lowest BCUT2D eigenvalue weighted by molar-refractivity contribution is -0.151. The Hall–Kier alpha value is -2.72. The summed E-state index contributed by atoms with van der Waals surface area (Å²) in [5.74, 6) is -0.417. The average molecular weight is 449 g/mol. The fourth-order valence-electron chi connectivity index (χ4n) is 3.56. The number of esters is 2. The van der Waals surface area contributed by atoms with Crippen molar-refractivity contribution < 1.29 is 28.9 Å². The smallest absolute Gasteiger partial charge is 0.331 e. The van der Waals surface area contributed by atoms with E-state index in [2.05, 4.69) is 15.4 Å². The van der Waals surface area contributed by atoms with Crippen LogP contribution in [-0.2, 0) is 23.8 Å². The van der Waals surface area contributed by atoms with E-state index in [1.54, 1.807) is 44.3 Å². The number of aliphatic hydroxyl groups excluding tert-OH is 1. The van der Waals surface area contributed by atoms with Crippen LogP contribution < -0.4 is 5.32 Å². The van der Waals surface area contributed by atoms with E-state index < -0.39 is 23.9 Å². The molecule has 2 aromatic rings. The lowest BCUT2D eigenvalue weighted by atomic mass is 9.99. The molecular weight excluding hydrogens is 416 g/mol. The highest BCUT2D eigenvalue weighted by atomic mass is 16.6. The number of hydrogen-bond acceptors (Lipinski definition) is 9. The summed E-state index contributed by atoms with van der Waals surface area (Å²) in [6.07, 6.45) is 0.402. The Balaban J connectivity index is 1.80. The summed E-state index contributed by atoms with van der Waals surface area (Å²) >= 11 is 0. The van der Waals surface area contributed by atoms with E-state index >= 15 is 0 Å². The van der Waals surface area contributed by atoms with Gasteiger partial charge in [0.15, 0.2) is 5.82 Å². The average Bonchev–Trinajstić information content (AvgIpc) is 3.35. The van der Waals surface area contributed by atoms with Gasteiger partial charge in [-0.15, -0.1) is 0 Å². The summed E-state index contributed by atoms with van der Waals surface area (Å²) in [5, 5.41) is 18.1. The van der Waals surface area contributed by atoms with Gasteiger partial charge in [-0.25, -0.2) is 14.3 Å². The number of anilines is 1. The van der Waals surface area contributed by atoms with Crippen LogP contribution in [0.15, 0.2) is 18.5 Å². The first-order chi connectivity index (χ1) is 15.2. The number of carbonyl (C=O) groups excluding carboxylic acids is 2. The molecule has 4 atom stereocenters. The minimum absolute atomic E-state index is 0.0874. The van der Waals surface area contributed by atoms with Crippen LogP contribution in [0.3, 0.4) is 0 Å². The summed E-state index contributed by atoms with van der Waals surface area (Å²) in [6.45, 7) is 9.32. The van der Waals surface area contributed by atoms with Crippen LogP contribution in [0, 0.1) is 5.92 Å². The van der Waals surface area contributed by atoms with Gasteiger partial charge >= 0.3 is 11.9 Å². The first kappa shape index (κ1) is 23.9. The van der Waals surface area contributed by atoms with Crippen LogP contribution in [0.5, 0.6) is 0 Å². The number of ether oxygens (including phenoxy) is 3. The fraction of sp³-hybridized carbons (Fsp3) is 0.636. The predicted octanol–water partition coefficient (Wildman–Crippen LogP) is 2.26. The van der Waals surface area contributed by atoms with E-state index in [0.29, 0.717) is 29.9 Å². The second-order valence-corrected chi connectivity index (χ2v) is 8.46. The lowest BCUT2D eigenvalue weighted by Gasteiger charge is -2.27. The molecule has 0 aliphatic carbocycles. The van der Waals surface area contributed by atoms with E-state index in [1.807, 2.05) is 6.92 Å². The molecule has 0 spiro atoms. The Bertz CT molecular complexity index is 961. The number of aromatic nitrogens is 3. The van der Waals surface area contributed by atoms with Crippen LogP contribution >= 0.6 is 0 Å². The van der Waals surface area contributed by atoms with Gasteiger partial charge in [0.2, 0.25) is 0 Å². The maximum Gasteiger partial charge on any atom is 0.331 e. The number of nitrogens with zero attached hydrogens (tertiary/aromatic N) is 3. The SMILES string of the molecule is CCOC(=O)C(C)(CC)Nc1ncnn2c([C@@H]3O[C@H](COC(=O)C(C)C)C[C@H]3O)ccc12. The number of nitrogens with one attached hydrogen (secondary N) is 1. The molecule has 2 aromatic heterocycles. The van der Waals surface area contributed by atoms with Gasteiger partial charge in [0, 0.05) is 6.42 Å². The Morgan fingerprint density at radius 2 is 2.09 bits per heavy atom. The second kappa shape index (κ2) is 9.83. The summed E-state index contributed by atoms with van der Waals surface area (Å²) < 4.78 is 18.1. The summed E-state index contributed by atoms with van der Waals surface area (Å²) in [7, 11) is 0. The zero-order chi connectivity index (χ0) is 23.5. The van der Waals surface area contributed by atoms with Crippen LogP contribution in [-0.4, -0.2) is 62.6 Å². The topological polar surface area (TPSA) is 124 Å². The number of hydrogen-bond donors (Lipinski definition) is 2. The molecule has 1 fully saturated rings. The molecule has 1 unspecified atom stereocenters. The molecule has 3 heterocycles. The van der Waals surface area contributed by atoms with E-state index in [9.17, 15) is 14.7 Å². The standard InChI is InChI=1S/C22H32N4O6/c1-6-22(5,21(29)30-7-2)25-19-16-9-8-15(26(16)24-12-23-19)18-17(27)10-14(32-18)11-31-20(28)13(3)4/h8-9,12-14,17-18,27H,6-7,10-11H2,1-5H3,(H,23,24,25)/t14-,17+,18-,22?/m0/s1. The van der Waals surface area contributed by atoms with Crippen molar-refractivity contribution in [2.24, 2.45) is 5.92 Å².